The molecular weight excluding hydrogens is 222 g/mol. The Balaban J connectivity index is 2.27. The van der Waals surface area contributed by atoms with Crippen LogP contribution in [0.15, 0.2) is 12.1 Å². The van der Waals surface area contributed by atoms with Crippen LogP contribution in [-0.4, -0.2) is 17.6 Å². The zero-order chi connectivity index (χ0) is 13.1. The Bertz CT molecular complexity index is 374. The largest absolute Gasteiger partial charge is 0.353 e. The first-order valence-electron chi connectivity index (χ1n) is 7.10. The summed E-state index contributed by atoms with van der Waals surface area (Å²) in [5.41, 5.74) is 8.14. The molecule has 1 saturated carbocycles. The molecule has 0 bridgehead atoms. The highest BCUT2D eigenvalue weighted by Gasteiger charge is 2.30. The highest BCUT2D eigenvalue weighted by Crippen LogP contribution is 2.32. The van der Waals surface area contributed by atoms with E-state index >= 15 is 0 Å². The van der Waals surface area contributed by atoms with Crippen molar-refractivity contribution in [1.82, 2.24) is 4.98 Å². The van der Waals surface area contributed by atoms with E-state index in [4.69, 9.17) is 10.7 Å². The van der Waals surface area contributed by atoms with Crippen LogP contribution >= 0.6 is 0 Å². The maximum Gasteiger partial charge on any atom is 0.129 e. The van der Waals surface area contributed by atoms with Gasteiger partial charge in [-0.15, -0.1) is 0 Å². The lowest BCUT2D eigenvalue weighted by atomic mass is 10.1. The first-order valence-corrected chi connectivity index (χ1v) is 7.10. The lowest BCUT2D eigenvalue weighted by molar-refractivity contribution is 0.601. The second kappa shape index (κ2) is 5.70. The van der Waals surface area contributed by atoms with E-state index in [1.807, 2.05) is 0 Å². The first-order chi connectivity index (χ1) is 8.63. The third-order valence-electron chi connectivity index (χ3n) is 3.37. The zero-order valence-corrected chi connectivity index (χ0v) is 11.8. The number of rotatable bonds is 6. The Morgan fingerprint density at radius 2 is 2.11 bits per heavy atom. The SMILES string of the molecule is CCc1cc(CN)cc(N(CC(C)C)C2CC2)n1. The topological polar surface area (TPSA) is 42.1 Å². The van der Waals surface area contributed by atoms with Crippen molar-refractivity contribution < 1.29 is 0 Å². The Morgan fingerprint density at radius 3 is 2.61 bits per heavy atom. The van der Waals surface area contributed by atoms with Crippen LogP contribution in [0.4, 0.5) is 5.82 Å². The van der Waals surface area contributed by atoms with Crippen molar-refractivity contribution in [2.75, 3.05) is 11.4 Å². The van der Waals surface area contributed by atoms with E-state index in [0.717, 1.165) is 24.5 Å². The quantitative estimate of drug-likeness (QED) is 0.840. The van der Waals surface area contributed by atoms with Crippen LogP contribution in [0.5, 0.6) is 0 Å². The third kappa shape index (κ3) is 3.22. The molecule has 1 fully saturated rings. The van der Waals surface area contributed by atoms with Gasteiger partial charge in [-0.05, 0) is 42.9 Å². The molecule has 0 atom stereocenters. The van der Waals surface area contributed by atoms with Crippen molar-refractivity contribution in [2.24, 2.45) is 11.7 Å². The van der Waals surface area contributed by atoms with Gasteiger partial charge in [-0.25, -0.2) is 4.98 Å². The Morgan fingerprint density at radius 1 is 1.39 bits per heavy atom. The number of anilines is 1. The van der Waals surface area contributed by atoms with Crippen molar-refractivity contribution in [3.05, 3.63) is 23.4 Å². The normalized spacial score (nSPS) is 15.2. The van der Waals surface area contributed by atoms with Crippen LogP contribution in [0.3, 0.4) is 0 Å². The molecule has 3 heteroatoms. The lowest BCUT2D eigenvalue weighted by Crippen LogP contribution is -2.31. The van der Waals surface area contributed by atoms with E-state index in [2.05, 4.69) is 37.8 Å². The highest BCUT2D eigenvalue weighted by molar-refractivity contribution is 5.45. The van der Waals surface area contributed by atoms with E-state index in [-0.39, 0.29) is 0 Å². The number of hydrogen-bond acceptors (Lipinski definition) is 3. The highest BCUT2D eigenvalue weighted by atomic mass is 15.2. The molecular formula is C15H25N3. The smallest absolute Gasteiger partial charge is 0.129 e. The second-order valence-electron chi connectivity index (χ2n) is 5.66. The van der Waals surface area contributed by atoms with Crippen molar-refractivity contribution in [3.63, 3.8) is 0 Å². The molecule has 0 aromatic carbocycles. The van der Waals surface area contributed by atoms with Gasteiger partial charge >= 0.3 is 0 Å². The molecule has 0 radical (unpaired) electrons. The summed E-state index contributed by atoms with van der Waals surface area (Å²) in [5.74, 6) is 1.80. The summed E-state index contributed by atoms with van der Waals surface area (Å²) in [7, 11) is 0. The van der Waals surface area contributed by atoms with Gasteiger partial charge in [-0.2, -0.15) is 0 Å². The summed E-state index contributed by atoms with van der Waals surface area (Å²) in [4.78, 5) is 7.26. The van der Waals surface area contributed by atoms with E-state index in [1.54, 1.807) is 0 Å². The van der Waals surface area contributed by atoms with Crippen LogP contribution in [0.1, 0.15) is 44.9 Å². The molecule has 2 rings (SSSR count). The Labute approximate surface area is 110 Å². The molecule has 0 saturated heterocycles. The van der Waals surface area contributed by atoms with Crippen LogP contribution in [0, 0.1) is 5.92 Å². The number of nitrogens with zero attached hydrogens (tertiary/aromatic N) is 2. The molecule has 0 spiro atoms. The fourth-order valence-electron chi connectivity index (χ4n) is 2.29. The molecule has 1 heterocycles. The molecule has 0 aliphatic heterocycles. The number of pyridine rings is 1. The van der Waals surface area contributed by atoms with Gasteiger partial charge in [-0.1, -0.05) is 20.8 Å². The molecule has 0 unspecified atom stereocenters. The third-order valence-corrected chi connectivity index (χ3v) is 3.37. The first kappa shape index (κ1) is 13.3. The van der Waals surface area contributed by atoms with Gasteiger partial charge in [0.25, 0.3) is 0 Å². The Hall–Kier alpha value is -1.09. The molecule has 1 aromatic heterocycles. The molecule has 100 valence electrons. The maximum absolute atomic E-state index is 5.79. The van der Waals surface area contributed by atoms with Crippen molar-refractivity contribution >= 4 is 5.82 Å². The fraction of sp³-hybridized carbons (Fsp3) is 0.667. The van der Waals surface area contributed by atoms with E-state index in [9.17, 15) is 0 Å². The van der Waals surface area contributed by atoms with Gasteiger partial charge < -0.3 is 10.6 Å². The summed E-state index contributed by atoms with van der Waals surface area (Å²) in [6.07, 6.45) is 3.59. The van der Waals surface area contributed by atoms with Gasteiger partial charge in [0.15, 0.2) is 0 Å². The summed E-state index contributed by atoms with van der Waals surface area (Å²) >= 11 is 0. The fourth-order valence-corrected chi connectivity index (χ4v) is 2.29. The van der Waals surface area contributed by atoms with Crippen molar-refractivity contribution in [1.29, 1.82) is 0 Å². The Kier molecular flexibility index (Phi) is 4.23. The number of aryl methyl sites for hydroxylation is 1. The van der Waals surface area contributed by atoms with Gasteiger partial charge in [0.1, 0.15) is 5.82 Å². The zero-order valence-electron chi connectivity index (χ0n) is 11.8. The standard InChI is InChI=1S/C15H25N3/c1-4-13-7-12(9-16)8-15(17-13)18(10-11(2)3)14-5-6-14/h7-8,11,14H,4-6,9-10,16H2,1-3H3. The summed E-state index contributed by atoms with van der Waals surface area (Å²) in [6.45, 7) is 8.37. The predicted molar refractivity (Wildman–Crippen MR) is 76.7 cm³/mol. The minimum absolute atomic E-state index is 0.600. The van der Waals surface area contributed by atoms with Gasteiger partial charge in [-0.3, -0.25) is 0 Å². The molecule has 1 aromatic rings. The monoisotopic (exact) mass is 247 g/mol. The van der Waals surface area contributed by atoms with Gasteiger partial charge in [0.2, 0.25) is 0 Å². The van der Waals surface area contributed by atoms with Crippen molar-refractivity contribution in [3.8, 4) is 0 Å². The minimum atomic E-state index is 0.600. The van der Waals surface area contributed by atoms with E-state index in [0.29, 0.717) is 18.5 Å². The summed E-state index contributed by atoms with van der Waals surface area (Å²) < 4.78 is 0. The minimum Gasteiger partial charge on any atom is -0.353 e. The summed E-state index contributed by atoms with van der Waals surface area (Å²) in [5, 5.41) is 0. The molecule has 18 heavy (non-hydrogen) atoms. The molecule has 3 nitrogen and oxygen atoms in total. The van der Waals surface area contributed by atoms with E-state index < -0.39 is 0 Å². The van der Waals surface area contributed by atoms with Crippen LogP contribution in [0.2, 0.25) is 0 Å². The average Bonchev–Trinajstić information content (AvgIpc) is 3.19. The molecule has 1 aliphatic rings. The number of aromatic nitrogens is 1. The van der Waals surface area contributed by atoms with Gasteiger partial charge in [0, 0.05) is 24.8 Å². The molecule has 1 aliphatic carbocycles. The summed E-state index contributed by atoms with van der Waals surface area (Å²) in [6, 6.07) is 5.00. The average molecular weight is 247 g/mol. The number of hydrogen-bond donors (Lipinski definition) is 1. The van der Waals surface area contributed by atoms with Crippen LogP contribution in [0.25, 0.3) is 0 Å². The maximum atomic E-state index is 5.79. The molecule has 0 amide bonds. The molecule has 2 N–H and O–H groups in total. The predicted octanol–water partition coefficient (Wildman–Crippen LogP) is 2.73. The van der Waals surface area contributed by atoms with Gasteiger partial charge in [0.05, 0.1) is 0 Å². The number of nitrogens with two attached hydrogens (primary N) is 1. The second-order valence-corrected chi connectivity index (χ2v) is 5.66. The van der Waals surface area contributed by atoms with Crippen molar-refractivity contribution in [2.45, 2.75) is 52.6 Å². The van der Waals surface area contributed by atoms with Crippen LogP contribution < -0.4 is 10.6 Å². The van der Waals surface area contributed by atoms with Crippen LogP contribution in [-0.2, 0) is 13.0 Å². The van der Waals surface area contributed by atoms with E-state index in [1.165, 1.54) is 18.4 Å². The lowest BCUT2D eigenvalue weighted by Gasteiger charge is -2.26.